The number of hydrogen-bond acceptors (Lipinski definition) is 6. The first kappa shape index (κ1) is 14.4. The average Bonchev–Trinajstić information content (AvgIpc) is 2.45. The van der Waals surface area contributed by atoms with Crippen LogP contribution in [-0.2, 0) is 16.6 Å². The minimum Gasteiger partial charge on any atom is -0.292 e. The molecular weight excluding hydrogens is 278 g/mol. The van der Waals surface area contributed by atoms with Crippen molar-refractivity contribution in [1.82, 2.24) is 14.7 Å². The van der Waals surface area contributed by atoms with E-state index in [1.165, 1.54) is 12.4 Å². The maximum Gasteiger partial charge on any atom is 0.243 e. The highest BCUT2D eigenvalue weighted by Crippen LogP contribution is 2.09. The molecule has 0 spiro atoms. The van der Waals surface area contributed by atoms with Gasteiger partial charge in [0, 0.05) is 6.54 Å². The Labute approximate surface area is 117 Å². The molecule has 2 rings (SSSR count). The molecule has 0 amide bonds. The van der Waals surface area contributed by atoms with Crippen molar-refractivity contribution in [2.45, 2.75) is 18.4 Å². The third-order valence-electron chi connectivity index (χ3n) is 2.62. The summed E-state index contributed by atoms with van der Waals surface area (Å²) in [5, 5.41) is 0. The number of hydrogen-bond donors (Lipinski definition) is 3. The lowest BCUT2D eigenvalue weighted by molar-refractivity contribution is 0.580. The fraction of sp³-hybridized carbons (Fsp3) is 0.167. The van der Waals surface area contributed by atoms with E-state index in [1.807, 2.05) is 31.2 Å². The second kappa shape index (κ2) is 5.95. The minimum absolute atomic E-state index is 0.0100. The molecule has 4 N–H and O–H groups in total. The van der Waals surface area contributed by atoms with Gasteiger partial charge in [-0.05, 0) is 12.5 Å². The quantitative estimate of drug-likeness (QED) is 0.548. The van der Waals surface area contributed by atoms with Gasteiger partial charge >= 0.3 is 0 Å². The van der Waals surface area contributed by atoms with Gasteiger partial charge in [0.2, 0.25) is 16.0 Å². The van der Waals surface area contributed by atoms with Crippen LogP contribution in [0.3, 0.4) is 0 Å². The van der Waals surface area contributed by atoms with Crippen LogP contribution in [0, 0.1) is 6.92 Å². The summed E-state index contributed by atoms with van der Waals surface area (Å²) in [6.45, 7) is 2.16. The lowest BCUT2D eigenvalue weighted by Crippen LogP contribution is -2.24. The Kier molecular flexibility index (Phi) is 4.28. The van der Waals surface area contributed by atoms with Crippen molar-refractivity contribution in [2.24, 2.45) is 5.84 Å². The number of sulfonamides is 1. The Hall–Kier alpha value is -2.03. The maximum atomic E-state index is 12.0. The fourth-order valence-electron chi connectivity index (χ4n) is 1.61. The molecule has 0 aliphatic rings. The zero-order chi connectivity index (χ0) is 14.6. The van der Waals surface area contributed by atoms with Crippen LogP contribution in [0.4, 0.5) is 5.95 Å². The summed E-state index contributed by atoms with van der Waals surface area (Å²) in [4.78, 5) is 7.52. The molecule has 0 saturated carbocycles. The van der Waals surface area contributed by atoms with Gasteiger partial charge in [-0.15, -0.1) is 0 Å². The monoisotopic (exact) mass is 293 g/mol. The molecule has 7 nitrogen and oxygen atoms in total. The second-order valence-electron chi connectivity index (χ2n) is 4.20. The Morgan fingerprint density at radius 2 is 1.95 bits per heavy atom. The van der Waals surface area contributed by atoms with Crippen molar-refractivity contribution in [2.75, 3.05) is 5.43 Å². The normalized spacial score (nSPS) is 11.3. The Morgan fingerprint density at radius 3 is 2.55 bits per heavy atom. The van der Waals surface area contributed by atoms with Crippen LogP contribution in [0.15, 0.2) is 41.6 Å². The van der Waals surface area contributed by atoms with E-state index < -0.39 is 10.0 Å². The number of benzene rings is 1. The van der Waals surface area contributed by atoms with Gasteiger partial charge in [0.1, 0.15) is 4.90 Å². The van der Waals surface area contributed by atoms with Crippen LogP contribution >= 0.6 is 0 Å². The van der Waals surface area contributed by atoms with Crippen molar-refractivity contribution >= 4 is 16.0 Å². The number of hydrazine groups is 1. The van der Waals surface area contributed by atoms with E-state index in [4.69, 9.17) is 5.84 Å². The minimum atomic E-state index is -3.64. The first-order valence-electron chi connectivity index (χ1n) is 5.85. The van der Waals surface area contributed by atoms with Crippen molar-refractivity contribution in [3.63, 3.8) is 0 Å². The maximum absolute atomic E-state index is 12.0. The topological polar surface area (TPSA) is 110 Å². The zero-order valence-electron chi connectivity index (χ0n) is 10.9. The summed E-state index contributed by atoms with van der Waals surface area (Å²) >= 11 is 0. The number of rotatable bonds is 5. The summed E-state index contributed by atoms with van der Waals surface area (Å²) < 4.78 is 26.6. The van der Waals surface area contributed by atoms with Gasteiger partial charge in [0.05, 0.1) is 12.4 Å². The molecule has 0 atom stereocenters. The molecule has 2 aromatic rings. The van der Waals surface area contributed by atoms with Gasteiger partial charge in [-0.25, -0.2) is 29.0 Å². The summed E-state index contributed by atoms with van der Waals surface area (Å²) in [5.74, 6) is 5.27. The molecule has 0 saturated heterocycles. The molecule has 20 heavy (non-hydrogen) atoms. The van der Waals surface area contributed by atoms with Crippen molar-refractivity contribution in [3.8, 4) is 0 Å². The fourth-order valence-corrected chi connectivity index (χ4v) is 2.52. The number of nitrogens with one attached hydrogen (secondary N) is 2. The molecule has 0 unspecified atom stereocenters. The molecule has 106 valence electrons. The lowest BCUT2D eigenvalue weighted by Gasteiger charge is -2.07. The molecule has 0 fully saturated rings. The number of aryl methyl sites for hydroxylation is 1. The molecule has 1 heterocycles. The summed E-state index contributed by atoms with van der Waals surface area (Å²) in [7, 11) is -3.64. The molecule has 0 bridgehead atoms. The number of nitrogens with two attached hydrogens (primary N) is 1. The highest BCUT2D eigenvalue weighted by atomic mass is 32.2. The molecule has 0 radical (unpaired) electrons. The standard InChI is InChI=1S/C12H15N5O2S/c1-9-3-2-4-10(5-9)6-16-20(18,19)11-7-14-12(17-13)15-8-11/h2-5,7-8,16H,6,13H2,1H3,(H,14,15,17). The molecular formula is C12H15N5O2S. The number of nitrogen functional groups attached to an aromatic ring is 1. The van der Waals surface area contributed by atoms with Gasteiger partial charge in [-0.2, -0.15) is 0 Å². The largest absolute Gasteiger partial charge is 0.292 e. The molecule has 8 heteroatoms. The van der Waals surface area contributed by atoms with E-state index >= 15 is 0 Å². The molecule has 0 aliphatic carbocycles. The molecule has 0 aliphatic heterocycles. The number of aromatic nitrogens is 2. The third-order valence-corrected chi connectivity index (χ3v) is 3.97. The average molecular weight is 293 g/mol. The van der Waals surface area contributed by atoms with Crippen LogP contribution < -0.4 is 16.0 Å². The smallest absolute Gasteiger partial charge is 0.243 e. The Bertz CT molecular complexity index is 685. The van der Waals surface area contributed by atoms with Crippen LogP contribution in [0.2, 0.25) is 0 Å². The Balaban J connectivity index is 2.10. The zero-order valence-corrected chi connectivity index (χ0v) is 11.7. The van der Waals surface area contributed by atoms with Crippen molar-refractivity contribution in [3.05, 3.63) is 47.8 Å². The molecule has 1 aromatic carbocycles. The van der Waals surface area contributed by atoms with Crippen molar-refractivity contribution < 1.29 is 8.42 Å². The van der Waals surface area contributed by atoms with Crippen LogP contribution in [0.5, 0.6) is 0 Å². The van der Waals surface area contributed by atoms with E-state index in [1.54, 1.807) is 0 Å². The number of nitrogens with zero attached hydrogens (tertiary/aromatic N) is 2. The van der Waals surface area contributed by atoms with E-state index in [2.05, 4.69) is 20.1 Å². The number of anilines is 1. The van der Waals surface area contributed by atoms with Gasteiger partial charge in [0.15, 0.2) is 0 Å². The molecule has 1 aromatic heterocycles. The van der Waals surface area contributed by atoms with E-state index in [0.717, 1.165) is 11.1 Å². The summed E-state index contributed by atoms with van der Waals surface area (Å²) in [6.07, 6.45) is 2.39. The van der Waals surface area contributed by atoms with Crippen LogP contribution in [0.25, 0.3) is 0 Å². The van der Waals surface area contributed by atoms with Crippen LogP contribution in [0.1, 0.15) is 11.1 Å². The van der Waals surface area contributed by atoms with Crippen LogP contribution in [-0.4, -0.2) is 18.4 Å². The SMILES string of the molecule is Cc1cccc(CNS(=O)(=O)c2cnc(NN)nc2)c1. The van der Waals surface area contributed by atoms with Gasteiger partial charge in [-0.3, -0.25) is 5.43 Å². The lowest BCUT2D eigenvalue weighted by atomic mass is 10.1. The first-order valence-corrected chi connectivity index (χ1v) is 7.33. The summed E-state index contributed by atoms with van der Waals surface area (Å²) in [6, 6.07) is 7.60. The predicted octanol–water partition coefficient (Wildman–Crippen LogP) is 0.549. The highest BCUT2D eigenvalue weighted by molar-refractivity contribution is 7.89. The predicted molar refractivity (Wildman–Crippen MR) is 75.0 cm³/mol. The first-order chi connectivity index (χ1) is 9.51. The highest BCUT2D eigenvalue weighted by Gasteiger charge is 2.14. The van der Waals surface area contributed by atoms with E-state index in [-0.39, 0.29) is 17.4 Å². The van der Waals surface area contributed by atoms with Gasteiger partial charge in [0.25, 0.3) is 0 Å². The third kappa shape index (κ3) is 3.50. The van der Waals surface area contributed by atoms with E-state index in [9.17, 15) is 8.42 Å². The summed E-state index contributed by atoms with van der Waals surface area (Å²) in [5.41, 5.74) is 4.19. The second-order valence-corrected chi connectivity index (χ2v) is 5.97. The van der Waals surface area contributed by atoms with Gasteiger partial charge in [-0.1, -0.05) is 29.8 Å². The van der Waals surface area contributed by atoms with E-state index in [0.29, 0.717) is 0 Å². The Morgan fingerprint density at radius 1 is 1.25 bits per heavy atom. The van der Waals surface area contributed by atoms with Gasteiger partial charge < -0.3 is 0 Å². The van der Waals surface area contributed by atoms with Crippen molar-refractivity contribution in [1.29, 1.82) is 0 Å².